The molecule has 2 rings (SSSR count). The van der Waals surface area contributed by atoms with Gasteiger partial charge in [0.25, 0.3) is 0 Å². The highest BCUT2D eigenvalue weighted by Crippen LogP contribution is 2.18. The summed E-state index contributed by atoms with van der Waals surface area (Å²) in [5.74, 6) is 1.05. The van der Waals surface area contributed by atoms with Gasteiger partial charge in [-0.2, -0.15) is 0 Å². The Morgan fingerprint density at radius 2 is 2.31 bits per heavy atom. The summed E-state index contributed by atoms with van der Waals surface area (Å²) in [7, 11) is 0. The molecule has 0 bridgehead atoms. The molecular weight excluding hydrogens is 204 g/mol. The van der Waals surface area contributed by atoms with Crippen molar-refractivity contribution in [2.24, 2.45) is 5.92 Å². The van der Waals surface area contributed by atoms with E-state index >= 15 is 0 Å². The number of ether oxygens (including phenoxy) is 1. The highest BCUT2D eigenvalue weighted by molar-refractivity contribution is 5.92. The van der Waals surface area contributed by atoms with E-state index in [0.29, 0.717) is 24.9 Å². The van der Waals surface area contributed by atoms with Crippen LogP contribution in [0.4, 0.5) is 5.82 Å². The minimum absolute atomic E-state index is 0.000318. The Kier molecular flexibility index (Phi) is 3.19. The van der Waals surface area contributed by atoms with Gasteiger partial charge in [0.15, 0.2) is 0 Å². The van der Waals surface area contributed by atoms with E-state index in [-0.39, 0.29) is 11.8 Å². The van der Waals surface area contributed by atoms with Crippen LogP contribution in [0.5, 0.6) is 0 Å². The maximum atomic E-state index is 11.6. The van der Waals surface area contributed by atoms with E-state index in [2.05, 4.69) is 24.1 Å². The zero-order chi connectivity index (χ0) is 11.5. The maximum Gasteiger partial charge on any atom is 0.233 e. The zero-order valence-electron chi connectivity index (χ0n) is 9.56. The molecule has 0 radical (unpaired) electrons. The van der Waals surface area contributed by atoms with E-state index in [1.165, 1.54) is 5.56 Å². The minimum Gasteiger partial charge on any atom is -0.380 e. The van der Waals surface area contributed by atoms with Crippen molar-refractivity contribution >= 4 is 11.7 Å². The number of pyridine rings is 1. The summed E-state index contributed by atoms with van der Waals surface area (Å²) < 4.78 is 4.97. The Morgan fingerprint density at radius 3 is 2.88 bits per heavy atom. The Bertz CT molecular complexity index is 386. The van der Waals surface area contributed by atoms with E-state index in [4.69, 9.17) is 4.74 Å². The number of carbonyl (C=O) groups is 1. The molecule has 1 aliphatic heterocycles. The van der Waals surface area contributed by atoms with Crippen LogP contribution in [-0.2, 0) is 9.53 Å². The molecular formula is C12H16N2O2. The van der Waals surface area contributed by atoms with Crippen molar-refractivity contribution < 1.29 is 9.53 Å². The van der Waals surface area contributed by atoms with Crippen molar-refractivity contribution in [3.05, 3.63) is 23.9 Å². The van der Waals surface area contributed by atoms with Crippen LogP contribution >= 0.6 is 0 Å². The van der Waals surface area contributed by atoms with Crippen molar-refractivity contribution in [1.82, 2.24) is 4.98 Å². The number of nitrogens with one attached hydrogen (secondary N) is 1. The minimum atomic E-state index is -0.00972. The Morgan fingerprint density at radius 1 is 1.56 bits per heavy atom. The number of aromatic nitrogens is 1. The molecule has 1 amide bonds. The van der Waals surface area contributed by atoms with Crippen molar-refractivity contribution in [3.8, 4) is 0 Å². The fraction of sp³-hybridized carbons (Fsp3) is 0.500. The van der Waals surface area contributed by atoms with Crippen LogP contribution in [0.2, 0.25) is 0 Å². The maximum absolute atomic E-state index is 11.6. The van der Waals surface area contributed by atoms with Crippen LogP contribution in [0, 0.1) is 5.92 Å². The molecule has 0 aromatic carbocycles. The second kappa shape index (κ2) is 4.61. The van der Waals surface area contributed by atoms with Gasteiger partial charge < -0.3 is 10.1 Å². The lowest BCUT2D eigenvalue weighted by Crippen LogP contribution is -2.38. The van der Waals surface area contributed by atoms with Gasteiger partial charge in [0, 0.05) is 6.20 Å². The number of rotatable bonds is 3. The predicted octanol–water partition coefficient (Wildman–Crippen LogP) is 1.79. The Hall–Kier alpha value is -1.42. The first-order chi connectivity index (χ1) is 7.66. The number of hydrogen-bond donors (Lipinski definition) is 1. The van der Waals surface area contributed by atoms with E-state index in [1.54, 1.807) is 6.20 Å². The molecule has 4 heteroatoms. The molecule has 0 saturated carbocycles. The van der Waals surface area contributed by atoms with E-state index < -0.39 is 0 Å². The van der Waals surface area contributed by atoms with Crippen molar-refractivity contribution in [2.75, 3.05) is 18.5 Å². The molecule has 2 heterocycles. The molecule has 1 aromatic rings. The molecule has 4 nitrogen and oxygen atoms in total. The van der Waals surface area contributed by atoms with Crippen LogP contribution < -0.4 is 5.32 Å². The molecule has 1 aliphatic rings. The monoisotopic (exact) mass is 220 g/mol. The smallest absolute Gasteiger partial charge is 0.233 e. The number of carbonyl (C=O) groups excluding carboxylic acids is 1. The number of nitrogens with zero attached hydrogens (tertiary/aromatic N) is 1. The van der Waals surface area contributed by atoms with Gasteiger partial charge in [-0.3, -0.25) is 4.79 Å². The van der Waals surface area contributed by atoms with Crippen LogP contribution in [0.1, 0.15) is 25.3 Å². The molecule has 1 aromatic heterocycles. The SMILES string of the molecule is CC(C)c1ccnc(NC(=O)C2COC2)c1. The molecule has 0 atom stereocenters. The third-order valence-electron chi connectivity index (χ3n) is 2.71. The first kappa shape index (κ1) is 11.1. The predicted molar refractivity (Wildman–Crippen MR) is 61.3 cm³/mol. The van der Waals surface area contributed by atoms with E-state index in [9.17, 15) is 4.79 Å². The largest absolute Gasteiger partial charge is 0.380 e. The third kappa shape index (κ3) is 2.39. The van der Waals surface area contributed by atoms with Gasteiger partial charge in [-0.15, -0.1) is 0 Å². The average molecular weight is 220 g/mol. The first-order valence-electron chi connectivity index (χ1n) is 5.51. The zero-order valence-corrected chi connectivity index (χ0v) is 9.56. The van der Waals surface area contributed by atoms with Crippen molar-refractivity contribution in [3.63, 3.8) is 0 Å². The summed E-state index contributed by atoms with van der Waals surface area (Å²) in [6.07, 6.45) is 1.72. The summed E-state index contributed by atoms with van der Waals surface area (Å²) in [4.78, 5) is 15.8. The summed E-state index contributed by atoms with van der Waals surface area (Å²) in [6.45, 7) is 5.27. The number of hydrogen-bond acceptors (Lipinski definition) is 3. The number of amides is 1. The van der Waals surface area contributed by atoms with Crippen LogP contribution in [0.25, 0.3) is 0 Å². The van der Waals surface area contributed by atoms with Gasteiger partial charge in [0.05, 0.1) is 19.1 Å². The quantitative estimate of drug-likeness (QED) is 0.844. The molecule has 16 heavy (non-hydrogen) atoms. The lowest BCUT2D eigenvalue weighted by Gasteiger charge is -2.24. The standard InChI is InChI=1S/C12H16N2O2/c1-8(2)9-3-4-13-11(5-9)14-12(15)10-6-16-7-10/h3-5,8,10H,6-7H2,1-2H3,(H,13,14,15). The lowest BCUT2D eigenvalue weighted by molar-refractivity contribution is -0.133. The topological polar surface area (TPSA) is 51.2 Å². The van der Waals surface area contributed by atoms with Gasteiger partial charge in [-0.25, -0.2) is 4.98 Å². The summed E-state index contributed by atoms with van der Waals surface area (Å²) in [5, 5.41) is 2.81. The van der Waals surface area contributed by atoms with Gasteiger partial charge >= 0.3 is 0 Å². The van der Waals surface area contributed by atoms with Crippen LogP contribution in [-0.4, -0.2) is 24.1 Å². The molecule has 1 fully saturated rings. The molecule has 0 aliphatic carbocycles. The molecule has 0 unspecified atom stereocenters. The second-order valence-corrected chi connectivity index (χ2v) is 4.35. The Balaban J connectivity index is 2.03. The van der Waals surface area contributed by atoms with E-state index in [1.807, 2.05) is 12.1 Å². The lowest BCUT2D eigenvalue weighted by atomic mass is 10.0. The van der Waals surface area contributed by atoms with Crippen LogP contribution in [0.15, 0.2) is 18.3 Å². The fourth-order valence-corrected chi connectivity index (χ4v) is 1.49. The Labute approximate surface area is 95.0 Å². The van der Waals surface area contributed by atoms with Crippen LogP contribution in [0.3, 0.4) is 0 Å². The van der Waals surface area contributed by atoms with Gasteiger partial charge in [0.1, 0.15) is 5.82 Å². The number of anilines is 1. The third-order valence-corrected chi connectivity index (χ3v) is 2.71. The van der Waals surface area contributed by atoms with Crippen molar-refractivity contribution in [2.45, 2.75) is 19.8 Å². The molecule has 1 saturated heterocycles. The van der Waals surface area contributed by atoms with Gasteiger partial charge in [0.2, 0.25) is 5.91 Å². The second-order valence-electron chi connectivity index (χ2n) is 4.35. The normalized spacial score (nSPS) is 15.9. The van der Waals surface area contributed by atoms with Gasteiger partial charge in [-0.05, 0) is 23.6 Å². The average Bonchev–Trinajstić information content (AvgIpc) is 2.15. The highest BCUT2D eigenvalue weighted by Gasteiger charge is 2.26. The first-order valence-corrected chi connectivity index (χ1v) is 5.51. The van der Waals surface area contributed by atoms with Crippen molar-refractivity contribution in [1.29, 1.82) is 0 Å². The van der Waals surface area contributed by atoms with Gasteiger partial charge in [-0.1, -0.05) is 13.8 Å². The molecule has 0 spiro atoms. The summed E-state index contributed by atoms with van der Waals surface area (Å²) in [5.41, 5.74) is 1.18. The fourth-order valence-electron chi connectivity index (χ4n) is 1.49. The summed E-state index contributed by atoms with van der Waals surface area (Å²) in [6, 6.07) is 3.88. The summed E-state index contributed by atoms with van der Waals surface area (Å²) >= 11 is 0. The highest BCUT2D eigenvalue weighted by atomic mass is 16.5. The molecule has 1 N–H and O–H groups in total. The van der Waals surface area contributed by atoms with E-state index in [0.717, 1.165) is 0 Å². The molecule has 86 valence electrons.